The van der Waals surface area contributed by atoms with Crippen LogP contribution in [0.25, 0.3) is 0 Å². The summed E-state index contributed by atoms with van der Waals surface area (Å²) < 4.78 is 0. The number of carbonyl (C=O) groups excluding carboxylic acids is 1. The van der Waals surface area contributed by atoms with Crippen LogP contribution >= 0.6 is 11.8 Å². The Labute approximate surface area is 124 Å². The predicted octanol–water partition coefficient (Wildman–Crippen LogP) is 2.09. The lowest BCUT2D eigenvalue weighted by Crippen LogP contribution is -2.40. The van der Waals surface area contributed by atoms with E-state index in [4.69, 9.17) is 5.73 Å². The highest BCUT2D eigenvalue weighted by atomic mass is 32.2. The summed E-state index contributed by atoms with van der Waals surface area (Å²) in [6, 6.07) is 6.58. The van der Waals surface area contributed by atoms with Crippen molar-refractivity contribution in [2.24, 2.45) is 5.73 Å². The van der Waals surface area contributed by atoms with Gasteiger partial charge in [-0.1, -0.05) is 6.07 Å². The van der Waals surface area contributed by atoms with E-state index < -0.39 is 0 Å². The number of carbonyl (C=O) groups is 1. The highest BCUT2D eigenvalue weighted by Gasteiger charge is 2.19. The van der Waals surface area contributed by atoms with Crippen LogP contribution in [0.2, 0.25) is 0 Å². The first-order valence-corrected chi connectivity index (χ1v) is 8.42. The molecule has 5 heteroatoms. The molecular formula is C15H23N3OS. The monoisotopic (exact) mass is 293 g/mol. The summed E-state index contributed by atoms with van der Waals surface area (Å²) in [6.45, 7) is 0. The van der Waals surface area contributed by atoms with Crippen molar-refractivity contribution in [2.75, 3.05) is 5.75 Å². The second-order valence-corrected chi connectivity index (χ2v) is 6.41. The minimum atomic E-state index is 0.166. The molecule has 0 saturated heterocycles. The van der Waals surface area contributed by atoms with Gasteiger partial charge in [-0.05, 0) is 37.8 Å². The minimum Gasteiger partial charge on any atom is -0.353 e. The lowest BCUT2D eigenvalue weighted by Gasteiger charge is -2.26. The first-order chi connectivity index (χ1) is 9.74. The summed E-state index contributed by atoms with van der Waals surface area (Å²) in [4.78, 5) is 16.1. The molecule has 1 heterocycles. The van der Waals surface area contributed by atoms with E-state index >= 15 is 0 Å². The van der Waals surface area contributed by atoms with Crippen molar-refractivity contribution < 1.29 is 4.79 Å². The van der Waals surface area contributed by atoms with Gasteiger partial charge in [0.15, 0.2) is 0 Å². The highest BCUT2D eigenvalue weighted by Crippen LogP contribution is 2.17. The summed E-state index contributed by atoms with van der Waals surface area (Å²) in [5.41, 5.74) is 6.93. The summed E-state index contributed by atoms with van der Waals surface area (Å²) in [7, 11) is 0. The van der Waals surface area contributed by atoms with Gasteiger partial charge in [0.1, 0.15) is 0 Å². The maximum Gasteiger partial charge on any atom is 0.221 e. The number of hydrogen-bond donors (Lipinski definition) is 2. The molecule has 0 spiro atoms. The van der Waals surface area contributed by atoms with Gasteiger partial charge in [-0.15, -0.1) is 0 Å². The maximum atomic E-state index is 11.8. The Bertz CT molecular complexity index is 405. The van der Waals surface area contributed by atoms with Gasteiger partial charge in [-0.25, -0.2) is 0 Å². The molecule has 20 heavy (non-hydrogen) atoms. The fraction of sp³-hybridized carbons (Fsp3) is 0.600. The third-order valence-corrected chi connectivity index (χ3v) is 4.58. The summed E-state index contributed by atoms with van der Waals surface area (Å²) >= 11 is 1.75. The van der Waals surface area contributed by atoms with Crippen LogP contribution in [0, 0.1) is 0 Å². The Kier molecular flexibility index (Phi) is 6.33. The van der Waals surface area contributed by atoms with E-state index in [1.807, 2.05) is 18.2 Å². The van der Waals surface area contributed by atoms with Gasteiger partial charge in [0, 0.05) is 36.2 Å². The van der Waals surface area contributed by atoms with E-state index in [1.165, 1.54) is 0 Å². The lowest BCUT2D eigenvalue weighted by atomic mass is 9.92. The maximum absolute atomic E-state index is 11.8. The van der Waals surface area contributed by atoms with E-state index in [9.17, 15) is 4.79 Å². The van der Waals surface area contributed by atoms with Crippen molar-refractivity contribution in [1.29, 1.82) is 0 Å². The van der Waals surface area contributed by atoms with E-state index in [1.54, 1.807) is 18.0 Å². The Morgan fingerprint density at radius 2 is 2.15 bits per heavy atom. The number of nitrogens with two attached hydrogens (primary N) is 1. The van der Waals surface area contributed by atoms with Gasteiger partial charge >= 0.3 is 0 Å². The van der Waals surface area contributed by atoms with Crippen molar-refractivity contribution in [3.05, 3.63) is 30.1 Å². The molecule has 0 aliphatic heterocycles. The summed E-state index contributed by atoms with van der Waals surface area (Å²) in [5, 5.41) is 3.11. The first kappa shape index (κ1) is 15.3. The molecule has 1 aliphatic carbocycles. The standard InChI is InChI=1S/C15H23N3OS/c16-12-4-6-13(7-5-12)18-15(19)8-10-20-11-14-3-1-2-9-17-14/h1-3,9,12-13H,4-8,10-11,16H2,(H,18,19). The summed E-state index contributed by atoms with van der Waals surface area (Å²) in [6.07, 6.45) is 6.48. The largest absolute Gasteiger partial charge is 0.353 e. The highest BCUT2D eigenvalue weighted by molar-refractivity contribution is 7.98. The molecule has 1 aromatic rings. The van der Waals surface area contributed by atoms with Crippen molar-refractivity contribution in [1.82, 2.24) is 10.3 Å². The third-order valence-electron chi connectivity index (χ3n) is 3.59. The molecule has 1 fully saturated rings. The second-order valence-electron chi connectivity index (χ2n) is 5.30. The Balaban J connectivity index is 1.56. The SMILES string of the molecule is NC1CCC(NC(=O)CCSCc2ccccn2)CC1. The predicted molar refractivity (Wildman–Crippen MR) is 83.4 cm³/mol. The number of thioether (sulfide) groups is 1. The van der Waals surface area contributed by atoms with E-state index in [-0.39, 0.29) is 5.91 Å². The van der Waals surface area contributed by atoms with E-state index in [2.05, 4.69) is 10.3 Å². The fourth-order valence-corrected chi connectivity index (χ4v) is 3.24. The Morgan fingerprint density at radius 3 is 2.85 bits per heavy atom. The topological polar surface area (TPSA) is 68.0 Å². The zero-order valence-electron chi connectivity index (χ0n) is 11.8. The minimum absolute atomic E-state index is 0.166. The average molecular weight is 293 g/mol. The van der Waals surface area contributed by atoms with Gasteiger partial charge in [-0.3, -0.25) is 9.78 Å². The first-order valence-electron chi connectivity index (χ1n) is 7.26. The number of nitrogens with zero attached hydrogens (tertiary/aromatic N) is 1. The van der Waals surface area contributed by atoms with Crippen LogP contribution in [0.4, 0.5) is 0 Å². The lowest BCUT2D eigenvalue weighted by molar-refractivity contribution is -0.121. The number of pyridine rings is 1. The number of hydrogen-bond acceptors (Lipinski definition) is 4. The fourth-order valence-electron chi connectivity index (χ4n) is 2.39. The van der Waals surface area contributed by atoms with Gasteiger partial charge in [0.25, 0.3) is 0 Å². The van der Waals surface area contributed by atoms with Gasteiger partial charge in [-0.2, -0.15) is 11.8 Å². The van der Waals surface area contributed by atoms with Gasteiger partial charge in [0.05, 0.1) is 5.69 Å². The average Bonchev–Trinajstić information content (AvgIpc) is 2.47. The molecule has 0 radical (unpaired) electrons. The molecule has 1 saturated carbocycles. The molecule has 2 rings (SSSR count). The van der Waals surface area contributed by atoms with Crippen LogP contribution in [-0.2, 0) is 10.5 Å². The molecular weight excluding hydrogens is 270 g/mol. The molecule has 4 nitrogen and oxygen atoms in total. The van der Waals surface area contributed by atoms with Gasteiger partial charge in [0.2, 0.25) is 5.91 Å². The molecule has 0 bridgehead atoms. The van der Waals surface area contributed by atoms with Crippen molar-refractivity contribution in [3.63, 3.8) is 0 Å². The second kappa shape index (κ2) is 8.27. The van der Waals surface area contributed by atoms with Crippen molar-refractivity contribution in [3.8, 4) is 0 Å². The van der Waals surface area contributed by atoms with Crippen LogP contribution < -0.4 is 11.1 Å². The summed E-state index contributed by atoms with van der Waals surface area (Å²) in [5.74, 6) is 1.88. The quantitative estimate of drug-likeness (QED) is 0.788. The molecule has 0 atom stereocenters. The van der Waals surface area contributed by atoms with E-state index in [0.717, 1.165) is 42.9 Å². The van der Waals surface area contributed by atoms with Crippen LogP contribution in [0.15, 0.2) is 24.4 Å². The molecule has 3 N–H and O–H groups in total. The number of nitrogens with one attached hydrogen (secondary N) is 1. The van der Waals surface area contributed by atoms with Crippen LogP contribution in [-0.4, -0.2) is 28.7 Å². The Hall–Kier alpha value is -1.07. The van der Waals surface area contributed by atoms with Gasteiger partial charge < -0.3 is 11.1 Å². The zero-order chi connectivity index (χ0) is 14.2. The van der Waals surface area contributed by atoms with Crippen molar-refractivity contribution >= 4 is 17.7 Å². The molecule has 1 aliphatic rings. The van der Waals surface area contributed by atoms with Crippen LogP contribution in [0.5, 0.6) is 0 Å². The number of rotatable bonds is 6. The van der Waals surface area contributed by atoms with E-state index in [0.29, 0.717) is 18.5 Å². The molecule has 0 aromatic carbocycles. The molecule has 1 aromatic heterocycles. The van der Waals surface area contributed by atoms with Crippen molar-refractivity contribution in [2.45, 2.75) is 49.9 Å². The van der Waals surface area contributed by atoms with Crippen LogP contribution in [0.1, 0.15) is 37.8 Å². The third kappa shape index (κ3) is 5.51. The Morgan fingerprint density at radius 1 is 1.35 bits per heavy atom. The number of aromatic nitrogens is 1. The number of amides is 1. The zero-order valence-corrected chi connectivity index (χ0v) is 12.6. The normalized spacial score (nSPS) is 22.4. The molecule has 110 valence electrons. The molecule has 1 amide bonds. The van der Waals surface area contributed by atoms with Crippen LogP contribution in [0.3, 0.4) is 0 Å². The smallest absolute Gasteiger partial charge is 0.221 e. The molecule has 0 unspecified atom stereocenters.